The van der Waals surface area contributed by atoms with E-state index in [0.717, 1.165) is 18.8 Å². The van der Waals surface area contributed by atoms with Crippen LogP contribution in [-0.2, 0) is 0 Å². The van der Waals surface area contributed by atoms with Crippen molar-refractivity contribution >= 4 is 46.4 Å². The molecule has 25 heavy (non-hydrogen) atoms. The number of nitrogens with one attached hydrogen (secondary N) is 3. The largest absolute Gasteiger partial charge is 0.333 e. The van der Waals surface area contributed by atoms with E-state index in [4.69, 9.17) is 0 Å². The number of hydrogen-bond acceptors (Lipinski definition) is 4. The zero-order valence-corrected chi connectivity index (χ0v) is 15.5. The van der Waals surface area contributed by atoms with Gasteiger partial charge in [0.25, 0.3) is 5.91 Å². The molecule has 1 atom stereocenters. The Morgan fingerprint density at radius 3 is 2.64 bits per heavy atom. The molecule has 0 radical (unpaired) electrons. The van der Waals surface area contributed by atoms with E-state index in [1.165, 1.54) is 11.3 Å². The molecule has 0 saturated carbocycles. The van der Waals surface area contributed by atoms with Crippen LogP contribution in [-0.4, -0.2) is 42.5 Å². The van der Waals surface area contributed by atoms with Crippen LogP contribution >= 0.6 is 23.7 Å². The molecule has 2 heterocycles. The van der Waals surface area contributed by atoms with E-state index in [0.29, 0.717) is 16.4 Å². The van der Waals surface area contributed by atoms with E-state index in [1.54, 1.807) is 12.1 Å². The van der Waals surface area contributed by atoms with Crippen LogP contribution in [0.15, 0.2) is 42.5 Å². The maximum Gasteiger partial charge on any atom is 0.324 e. The van der Waals surface area contributed by atoms with Crippen LogP contribution in [0.1, 0.15) is 16.6 Å². The molecule has 2 aromatic rings. The number of carbonyl (C=O) groups excluding carboxylic acids is 2. The van der Waals surface area contributed by atoms with Gasteiger partial charge in [-0.2, -0.15) is 0 Å². The van der Waals surface area contributed by atoms with E-state index in [1.807, 2.05) is 42.2 Å². The number of carbonyl (C=O) groups is 2. The standard InChI is InChI=1S/C17H20N4O2S.ClH/c1-12-11-18-9-10-21(12)16(22)14-7-8-15(24-14)20-17(23)19-13-5-3-2-4-6-13;/h2-8,12,18H,9-11H2,1H3,(H2,19,20,23);1H/t12-;/m1./s1. The number of anilines is 2. The Bertz CT molecular complexity index is 722. The number of piperazine rings is 1. The second kappa shape index (κ2) is 8.84. The zero-order valence-electron chi connectivity index (χ0n) is 13.8. The molecule has 0 bridgehead atoms. The third kappa shape index (κ3) is 4.94. The number of halogens is 1. The van der Waals surface area contributed by atoms with Crippen molar-refractivity contribution < 1.29 is 9.59 Å². The van der Waals surface area contributed by atoms with Gasteiger partial charge in [0, 0.05) is 31.4 Å². The SMILES string of the molecule is C[C@@H]1CNCCN1C(=O)c1ccc(NC(=O)Nc2ccccc2)s1.Cl. The molecule has 3 N–H and O–H groups in total. The normalized spacial score (nSPS) is 16.7. The fourth-order valence-electron chi connectivity index (χ4n) is 2.60. The van der Waals surface area contributed by atoms with Crippen LogP contribution in [0.2, 0.25) is 0 Å². The van der Waals surface area contributed by atoms with Gasteiger partial charge in [0.1, 0.15) is 0 Å². The van der Waals surface area contributed by atoms with E-state index in [2.05, 4.69) is 16.0 Å². The average molecular weight is 381 g/mol. The molecule has 1 aromatic carbocycles. The molecule has 1 aliphatic heterocycles. The molecule has 1 aliphatic rings. The summed E-state index contributed by atoms with van der Waals surface area (Å²) in [6.45, 7) is 4.35. The van der Waals surface area contributed by atoms with Gasteiger partial charge in [-0.25, -0.2) is 4.79 Å². The lowest BCUT2D eigenvalue weighted by Crippen LogP contribution is -2.52. The van der Waals surface area contributed by atoms with Crippen molar-refractivity contribution in [2.45, 2.75) is 13.0 Å². The maximum absolute atomic E-state index is 12.6. The van der Waals surface area contributed by atoms with Gasteiger partial charge in [-0.1, -0.05) is 18.2 Å². The first kappa shape index (κ1) is 19.2. The number of rotatable bonds is 3. The summed E-state index contributed by atoms with van der Waals surface area (Å²) in [6, 6.07) is 12.6. The number of hydrogen-bond donors (Lipinski definition) is 3. The molecule has 3 amide bonds. The lowest BCUT2D eigenvalue weighted by atomic mass is 10.2. The minimum absolute atomic E-state index is 0. The number of benzene rings is 1. The summed E-state index contributed by atoms with van der Waals surface area (Å²) in [5, 5.41) is 9.43. The number of amides is 3. The zero-order chi connectivity index (χ0) is 16.9. The highest BCUT2D eigenvalue weighted by Gasteiger charge is 2.25. The number of nitrogens with zero attached hydrogens (tertiary/aromatic N) is 1. The monoisotopic (exact) mass is 380 g/mol. The molecule has 3 rings (SSSR count). The molecule has 134 valence electrons. The Labute approximate surface area is 157 Å². The predicted molar refractivity (Wildman–Crippen MR) is 104 cm³/mol. The second-order valence-electron chi connectivity index (χ2n) is 5.66. The predicted octanol–water partition coefficient (Wildman–Crippen LogP) is 3.25. The van der Waals surface area contributed by atoms with Crippen LogP contribution in [0.3, 0.4) is 0 Å². The third-order valence-electron chi connectivity index (χ3n) is 3.85. The Hall–Kier alpha value is -2.09. The fourth-order valence-corrected chi connectivity index (χ4v) is 3.46. The number of urea groups is 1. The second-order valence-corrected chi connectivity index (χ2v) is 6.74. The van der Waals surface area contributed by atoms with Gasteiger partial charge in [0.2, 0.25) is 0 Å². The number of thiophene rings is 1. The van der Waals surface area contributed by atoms with Gasteiger partial charge >= 0.3 is 6.03 Å². The van der Waals surface area contributed by atoms with Gasteiger partial charge in [-0.3, -0.25) is 10.1 Å². The van der Waals surface area contributed by atoms with Crippen LogP contribution < -0.4 is 16.0 Å². The molecule has 0 aliphatic carbocycles. The fraction of sp³-hybridized carbons (Fsp3) is 0.294. The van der Waals surface area contributed by atoms with Crippen molar-refractivity contribution in [1.29, 1.82) is 0 Å². The van der Waals surface area contributed by atoms with Crippen molar-refractivity contribution in [2.24, 2.45) is 0 Å². The van der Waals surface area contributed by atoms with Crippen LogP contribution in [0.5, 0.6) is 0 Å². The molecular formula is C17H21ClN4O2S. The molecule has 1 fully saturated rings. The molecule has 6 nitrogen and oxygen atoms in total. The van der Waals surface area contributed by atoms with Gasteiger partial charge in [0.15, 0.2) is 0 Å². The van der Waals surface area contributed by atoms with Crippen molar-refractivity contribution in [2.75, 3.05) is 30.3 Å². The van der Waals surface area contributed by atoms with Crippen LogP contribution in [0.4, 0.5) is 15.5 Å². The van der Waals surface area contributed by atoms with Crippen molar-refractivity contribution in [1.82, 2.24) is 10.2 Å². The van der Waals surface area contributed by atoms with Crippen molar-refractivity contribution in [3.8, 4) is 0 Å². The van der Waals surface area contributed by atoms with E-state index in [9.17, 15) is 9.59 Å². The number of para-hydroxylation sites is 1. The quantitative estimate of drug-likeness (QED) is 0.765. The summed E-state index contributed by atoms with van der Waals surface area (Å²) < 4.78 is 0. The first-order valence-corrected chi connectivity index (χ1v) is 8.70. The molecule has 0 unspecified atom stereocenters. The van der Waals surface area contributed by atoms with Gasteiger partial charge in [-0.15, -0.1) is 23.7 Å². The van der Waals surface area contributed by atoms with Crippen molar-refractivity contribution in [3.05, 3.63) is 47.3 Å². The summed E-state index contributed by atoms with van der Waals surface area (Å²) in [5.41, 5.74) is 0.720. The van der Waals surface area contributed by atoms with E-state index in [-0.39, 0.29) is 30.4 Å². The lowest BCUT2D eigenvalue weighted by molar-refractivity contribution is 0.0661. The Morgan fingerprint density at radius 1 is 1.16 bits per heavy atom. The molecule has 8 heteroatoms. The summed E-state index contributed by atoms with van der Waals surface area (Å²) in [7, 11) is 0. The van der Waals surface area contributed by atoms with Gasteiger partial charge < -0.3 is 15.5 Å². The summed E-state index contributed by atoms with van der Waals surface area (Å²) in [4.78, 5) is 27.1. The van der Waals surface area contributed by atoms with Crippen LogP contribution in [0.25, 0.3) is 0 Å². The minimum Gasteiger partial charge on any atom is -0.333 e. The topological polar surface area (TPSA) is 73.5 Å². The molecular weight excluding hydrogens is 360 g/mol. The maximum atomic E-state index is 12.6. The summed E-state index contributed by atoms with van der Waals surface area (Å²) >= 11 is 1.29. The Morgan fingerprint density at radius 2 is 1.92 bits per heavy atom. The highest BCUT2D eigenvalue weighted by molar-refractivity contribution is 7.18. The highest BCUT2D eigenvalue weighted by Crippen LogP contribution is 2.24. The Balaban J connectivity index is 0.00000225. The van der Waals surface area contributed by atoms with Gasteiger partial charge in [-0.05, 0) is 31.2 Å². The molecule has 1 aromatic heterocycles. The van der Waals surface area contributed by atoms with Gasteiger partial charge in [0.05, 0.1) is 9.88 Å². The lowest BCUT2D eigenvalue weighted by Gasteiger charge is -2.33. The van der Waals surface area contributed by atoms with Crippen molar-refractivity contribution in [3.63, 3.8) is 0 Å². The minimum atomic E-state index is -0.322. The van der Waals surface area contributed by atoms with E-state index < -0.39 is 0 Å². The molecule has 1 saturated heterocycles. The Kier molecular flexibility index (Phi) is 6.81. The summed E-state index contributed by atoms with van der Waals surface area (Å²) in [6.07, 6.45) is 0. The smallest absolute Gasteiger partial charge is 0.324 e. The van der Waals surface area contributed by atoms with Crippen LogP contribution in [0, 0.1) is 0 Å². The first-order valence-electron chi connectivity index (χ1n) is 7.88. The molecule has 0 spiro atoms. The summed E-state index contributed by atoms with van der Waals surface area (Å²) in [5.74, 6) is 0.0190. The first-order chi connectivity index (χ1) is 11.6. The third-order valence-corrected chi connectivity index (χ3v) is 4.84. The average Bonchev–Trinajstić information content (AvgIpc) is 3.04. The van der Waals surface area contributed by atoms with E-state index >= 15 is 0 Å². The highest BCUT2D eigenvalue weighted by atomic mass is 35.5.